The smallest absolute Gasteiger partial charge is 0.172 e. The molecule has 6 heteroatoms. The Balaban J connectivity index is 2.07. The third-order valence-electron chi connectivity index (χ3n) is 4.34. The molecule has 0 amide bonds. The van der Waals surface area contributed by atoms with Crippen molar-refractivity contribution >= 4 is 0 Å². The fourth-order valence-corrected chi connectivity index (χ4v) is 2.84. The Morgan fingerprint density at radius 1 is 1.07 bits per heavy atom. The van der Waals surface area contributed by atoms with Crippen molar-refractivity contribution in [2.45, 2.75) is 19.4 Å². The largest absolute Gasteiger partial charge is 0.480 e. The van der Waals surface area contributed by atoms with Crippen molar-refractivity contribution in [1.82, 2.24) is 4.90 Å². The molecule has 0 aromatic heterocycles. The lowest BCUT2D eigenvalue weighted by atomic mass is 9.95. The zero-order valence-corrected chi connectivity index (χ0v) is 16.9. The fraction of sp³-hybridized carbons (Fsp3) is 0.208. The molecule has 0 spiro atoms. The number of nitriles is 3. The molecule has 0 radical (unpaired) electrons. The highest BCUT2D eigenvalue weighted by atomic mass is 16.5. The van der Waals surface area contributed by atoms with E-state index in [1.54, 1.807) is 38.1 Å². The van der Waals surface area contributed by atoms with Crippen LogP contribution in [-0.2, 0) is 4.74 Å². The highest BCUT2D eigenvalue weighted by Crippen LogP contribution is 2.40. The highest BCUT2D eigenvalue weighted by molar-refractivity contribution is 5.60. The van der Waals surface area contributed by atoms with Gasteiger partial charge in [0.15, 0.2) is 11.3 Å². The van der Waals surface area contributed by atoms with Crippen molar-refractivity contribution in [3.05, 3.63) is 95.1 Å². The van der Waals surface area contributed by atoms with Gasteiger partial charge in [-0.15, -0.1) is 0 Å². The van der Waals surface area contributed by atoms with Gasteiger partial charge in [0.2, 0.25) is 0 Å². The minimum atomic E-state index is -0.812. The standard InChI is InChI=1S/C24H22N4O2/c1-24(2)22(21(18-27)23(30-24)20(16-25)17-26)9-7-5-3-4-6-8-19-10-12-28(13-11-19)14-15-29/h3-13,29H,14-15H2,1-2H3/b5-3+,6-4+,9-7+. The summed E-state index contributed by atoms with van der Waals surface area (Å²) >= 11 is 0. The molecule has 150 valence electrons. The van der Waals surface area contributed by atoms with Crippen LogP contribution in [0.3, 0.4) is 0 Å². The van der Waals surface area contributed by atoms with Gasteiger partial charge in [0.05, 0.1) is 6.61 Å². The molecule has 30 heavy (non-hydrogen) atoms. The number of aliphatic hydroxyl groups excluding tert-OH is 1. The van der Waals surface area contributed by atoms with Crippen LogP contribution in [0.25, 0.3) is 0 Å². The monoisotopic (exact) mass is 398 g/mol. The average molecular weight is 398 g/mol. The van der Waals surface area contributed by atoms with Crippen LogP contribution in [0.2, 0.25) is 0 Å². The molecule has 2 aliphatic heterocycles. The Hall–Kier alpha value is -4.05. The van der Waals surface area contributed by atoms with Gasteiger partial charge in [0.1, 0.15) is 29.4 Å². The highest BCUT2D eigenvalue weighted by Gasteiger charge is 2.38. The van der Waals surface area contributed by atoms with Crippen molar-refractivity contribution < 1.29 is 9.84 Å². The minimum Gasteiger partial charge on any atom is -0.480 e. The molecule has 2 heterocycles. The van der Waals surface area contributed by atoms with E-state index in [9.17, 15) is 5.26 Å². The molecule has 0 aromatic rings. The first-order chi connectivity index (χ1) is 14.5. The maximum atomic E-state index is 9.49. The first-order valence-corrected chi connectivity index (χ1v) is 9.30. The third-order valence-corrected chi connectivity index (χ3v) is 4.34. The molecule has 0 saturated carbocycles. The van der Waals surface area contributed by atoms with Gasteiger partial charge in [-0.25, -0.2) is 0 Å². The topological polar surface area (TPSA) is 104 Å². The van der Waals surface area contributed by atoms with Gasteiger partial charge in [-0.1, -0.05) is 42.5 Å². The second kappa shape index (κ2) is 10.5. The molecule has 0 aliphatic carbocycles. The molecule has 1 N–H and O–H groups in total. The Bertz CT molecular complexity index is 1010. The van der Waals surface area contributed by atoms with Crippen molar-refractivity contribution in [1.29, 1.82) is 15.8 Å². The average Bonchev–Trinajstić information content (AvgIpc) is 2.99. The lowest BCUT2D eigenvalue weighted by Gasteiger charge is -2.20. The van der Waals surface area contributed by atoms with Gasteiger partial charge in [0, 0.05) is 24.5 Å². The van der Waals surface area contributed by atoms with E-state index in [-0.39, 0.29) is 23.5 Å². The fourth-order valence-electron chi connectivity index (χ4n) is 2.84. The number of β-amino-alcohol motifs (C(OH)–C–C–N with tert-alkyl or cyclic N) is 1. The van der Waals surface area contributed by atoms with Crippen LogP contribution in [0, 0.1) is 34.0 Å². The summed E-state index contributed by atoms with van der Waals surface area (Å²) in [7, 11) is 0. The zero-order chi connectivity index (χ0) is 22.0. The number of rotatable bonds is 6. The van der Waals surface area contributed by atoms with E-state index < -0.39 is 5.60 Å². The van der Waals surface area contributed by atoms with Gasteiger partial charge in [-0.2, -0.15) is 15.8 Å². The number of aliphatic hydroxyl groups is 1. The molecule has 2 rings (SSSR count). The van der Waals surface area contributed by atoms with E-state index in [4.69, 9.17) is 20.4 Å². The summed E-state index contributed by atoms with van der Waals surface area (Å²) in [5.41, 5.74) is 0.842. The van der Waals surface area contributed by atoms with Gasteiger partial charge < -0.3 is 14.7 Å². The van der Waals surface area contributed by atoms with Gasteiger partial charge in [-0.05, 0) is 31.6 Å². The van der Waals surface area contributed by atoms with Crippen molar-refractivity contribution in [3.63, 3.8) is 0 Å². The summed E-state index contributed by atoms with van der Waals surface area (Å²) in [6.07, 6.45) is 20.7. The quantitative estimate of drug-likeness (QED) is 0.538. The Morgan fingerprint density at radius 3 is 2.30 bits per heavy atom. The summed E-state index contributed by atoms with van der Waals surface area (Å²) < 4.78 is 5.71. The van der Waals surface area contributed by atoms with E-state index in [2.05, 4.69) is 0 Å². The number of nitrogens with zero attached hydrogens (tertiary/aromatic N) is 4. The molecule has 6 nitrogen and oxygen atoms in total. The van der Waals surface area contributed by atoms with E-state index in [1.807, 2.05) is 65.9 Å². The lowest BCUT2D eigenvalue weighted by Crippen LogP contribution is -2.20. The van der Waals surface area contributed by atoms with Gasteiger partial charge in [0.25, 0.3) is 0 Å². The van der Waals surface area contributed by atoms with Crippen LogP contribution in [0.5, 0.6) is 0 Å². The van der Waals surface area contributed by atoms with Gasteiger partial charge in [-0.3, -0.25) is 0 Å². The molecule has 0 saturated heterocycles. The van der Waals surface area contributed by atoms with E-state index >= 15 is 0 Å². The second-order valence-corrected chi connectivity index (χ2v) is 6.83. The Morgan fingerprint density at radius 2 is 1.70 bits per heavy atom. The van der Waals surface area contributed by atoms with Crippen LogP contribution in [0.15, 0.2) is 95.1 Å². The number of hydrogen-bond donors (Lipinski definition) is 1. The molecule has 0 fully saturated rings. The number of allylic oxidation sites excluding steroid dienone is 11. The maximum Gasteiger partial charge on any atom is 0.172 e. The Kier molecular flexibility index (Phi) is 7.77. The molecule has 0 bridgehead atoms. The normalized spacial score (nSPS) is 17.5. The summed E-state index contributed by atoms with van der Waals surface area (Å²) in [5.74, 6) is 0.0359. The van der Waals surface area contributed by atoms with Crippen LogP contribution in [0.1, 0.15) is 13.8 Å². The van der Waals surface area contributed by atoms with Gasteiger partial charge >= 0.3 is 0 Å². The SMILES string of the molecule is CC1(C)OC(=C(C#N)C#N)C(C#N)=C1/C=C/C=C/C=C/C=C1C=CN(CCO)C=C1. The van der Waals surface area contributed by atoms with Crippen LogP contribution >= 0.6 is 0 Å². The second-order valence-electron chi connectivity index (χ2n) is 6.83. The first-order valence-electron chi connectivity index (χ1n) is 9.30. The number of ether oxygens (including phenoxy) is 1. The maximum absolute atomic E-state index is 9.49. The first kappa shape index (κ1) is 22.2. The molecular weight excluding hydrogens is 376 g/mol. The van der Waals surface area contributed by atoms with Crippen LogP contribution in [0.4, 0.5) is 0 Å². The molecule has 0 unspecified atom stereocenters. The van der Waals surface area contributed by atoms with Crippen LogP contribution < -0.4 is 0 Å². The lowest BCUT2D eigenvalue weighted by molar-refractivity contribution is 0.0954. The molecule has 2 aliphatic rings. The summed E-state index contributed by atoms with van der Waals surface area (Å²) in [5, 5.41) is 36.6. The molecule has 0 aromatic carbocycles. The van der Waals surface area contributed by atoms with Crippen LogP contribution in [-0.4, -0.2) is 28.8 Å². The summed E-state index contributed by atoms with van der Waals surface area (Å²) in [4.78, 5) is 1.90. The van der Waals surface area contributed by atoms with E-state index in [0.717, 1.165) is 5.57 Å². The predicted molar refractivity (Wildman–Crippen MR) is 114 cm³/mol. The van der Waals surface area contributed by atoms with Crippen molar-refractivity contribution in [2.75, 3.05) is 13.2 Å². The van der Waals surface area contributed by atoms with E-state index in [1.165, 1.54) is 0 Å². The third kappa shape index (κ3) is 5.49. The number of hydrogen-bond acceptors (Lipinski definition) is 6. The Labute approximate surface area is 176 Å². The predicted octanol–water partition coefficient (Wildman–Crippen LogP) is 3.85. The summed E-state index contributed by atoms with van der Waals surface area (Å²) in [6.45, 7) is 4.25. The van der Waals surface area contributed by atoms with E-state index in [0.29, 0.717) is 12.1 Å². The summed E-state index contributed by atoms with van der Waals surface area (Å²) in [6, 6.07) is 5.59. The molecule has 0 atom stereocenters. The van der Waals surface area contributed by atoms with Crippen molar-refractivity contribution in [3.8, 4) is 18.2 Å². The minimum absolute atomic E-state index is 0.0359. The zero-order valence-electron chi connectivity index (χ0n) is 16.9. The van der Waals surface area contributed by atoms with Crippen molar-refractivity contribution in [2.24, 2.45) is 0 Å². The molecular formula is C24H22N4O2.